The number of hydrogen-bond donors (Lipinski definition) is 2. The number of aryl methyl sites for hydroxylation is 1. The standard InChI is InChI=1S/C14H13ClN4O/c1-8-5-11(13(20-2)6-9(8)15)18-14-4-3-10(17)12(7-16)19-14/h3-6H,17H2,1-2H3,(H,18,19). The molecule has 0 bridgehead atoms. The molecule has 0 amide bonds. The van der Waals surface area contributed by atoms with E-state index in [1.54, 1.807) is 25.3 Å². The number of nitrogens with one attached hydrogen (secondary N) is 1. The summed E-state index contributed by atoms with van der Waals surface area (Å²) in [4.78, 5) is 4.13. The van der Waals surface area contributed by atoms with Gasteiger partial charge in [0.15, 0.2) is 5.69 Å². The number of nitriles is 1. The first kappa shape index (κ1) is 14.0. The van der Waals surface area contributed by atoms with E-state index in [2.05, 4.69) is 10.3 Å². The Morgan fingerprint density at radius 1 is 1.40 bits per heavy atom. The molecule has 0 saturated carbocycles. The second-order valence-corrected chi connectivity index (χ2v) is 4.58. The minimum absolute atomic E-state index is 0.180. The largest absolute Gasteiger partial charge is 0.495 e. The van der Waals surface area contributed by atoms with Gasteiger partial charge in [0.2, 0.25) is 0 Å². The third-order valence-electron chi connectivity index (χ3n) is 2.78. The fourth-order valence-corrected chi connectivity index (χ4v) is 1.85. The zero-order chi connectivity index (χ0) is 14.7. The fourth-order valence-electron chi connectivity index (χ4n) is 1.70. The van der Waals surface area contributed by atoms with Crippen molar-refractivity contribution >= 4 is 28.8 Å². The maximum absolute atomic E-state index is 8.93. The van der Waals surface area contributed by atoms with Gasteiger partial charge in [0.05, 0.1) is 18.5 Å². The summed E-state index contributed by atoms with van der Waals surface area (Å²) in [5.41, 5.74) is 7.79. The van der Waals surface area contributed by atoms with Crippen LogP contribution in [0.4, 0.5) is 17.2 Å². The van der Waals surface area contributed by atoms with Gasteiger partial charge in [-0.05, 0) is 30.7 Å². The maximum Gasteiger partial charge on any atom is 0.165 e. The molecule has 0 spiro atoms. The second-order valence-electron chi connectivity index (χ2n) is 4.17. The van der Waals surface area contributed by atoms with Gasteiger partial charge in [0, 0.05) is 11.1 Å². The van der Waals surface area contributed by atoms with E-state index < -0.39 is 0 Å². The molecule has 1 heterocycles. The van der Waals surface area contributed by atoms with E-state index in [9.17, 15) is 0 Å². The predicted octanol–water partition coefficient (Wildman–Crippen LogP) is 3.25. The number of nitrogens with zero attached hydrogens (tertiary/aromatic N) is 2. The summed E-state index contributed by atoms with van der Waals surface area (Å²) in [5, 5.41) is 12.6. The van der Waals surface area contributed by atoms with Crippen molar-refractivity contribution in [1.29, 1.82) is 5.26 Å². The molecule has 102 valence electrons. The Morgan fingerprint density at radius 2 is 2.15 bits per heavy atom. The Kier molecular flexibility index (Phi) is 3.97. The van der Waals surface area contributed by atoms with Gasteiger partial charge >= 0.3 is 0 Å². The van der Waals surface area contributed by atoms with E-state index in [1.807, 2.05) is 19.1 Å². The minimum atomic E-state index is 0.180. The summed E-state index contributed by atoms with van der Waals surface area (Å²) < 4.78 is 5.27. The summed E-state index contributed by atoms with van der Waals surface area (Å²) in [6.07, 6.45) is 0. The molecular weight excluding hydrogens is 276 g/mol. The van der Waals surface area contributed by atoms with Gasteiger partial charge in [-0.1, -0.05) is 11.6 Å². The molecule has 0 atom stereocenters. The predicted molar refractivity (Wildman–Crippen MR) is 79.4 cm³/mol. The smallest absolute Gasteiger partial charge is 0.165 e. The van der Waals surface area contributed by atoms with Crippen molar-refractivity contribution in [2.45, 2.75) is 6.92 Å². The molecule has 2 aromatic rings. The van der Waals surface area contributed by atoms with Crippen LogP contribution in [0.25, 0.3) is 0 Å². The number of pyridine rings is 1. The van der Waals surface area contributed by atoms with E-state index in [0.717, 1.165) is 11.3 Å². The Labute approximate surface area is 122 Å². The van der Waals surface area contributed by atoms with Gasteiger partial charge in [-0.25, -0.2) is 4.98 Å². The molecule has 3 N–H and O–H groups in total. The first-order chi connectivity index (χ1) is 9.55. The van der Waals surface area contributed by atoms with E-state index >= 15 is 0 Å². The highest BCUT2D eigenvalue weighted by atomic mass is 35.5. The van der Waals surface area contributed by atoms with Crippen LogP contribution in [0.1, 0.15) is 11.3 Å². The van der Waals surface area contributed by atoms with Crippen LogP contribution in [0.15, 0.2) is 24.3 Å². The van der Waals surface area contributed by atoms with Gasteiger partial charge in [0.25, 0.3) is 0 Å². The van der Waals surface area contributed by atoms with E-state index in [4.69, 9.17) is 27.3 Å². The van der Waals surface area contributed by atoms with Crippen molar-refractivity contribution in [1.82, 2.24) is 4.98 Å². The summed E-state index contributed by atoms with van der Waals surface area (Å²) in [7, 11) is 1.56. The first-order valence-electron chi connectivity index (χ1n) is 5.83. The van der Waals surface area contributed by atoms with Crippen LogP contribution in [0, 0.1) is 18.3 Å². The van der Waals surface area contributed by atoms with Crippen molar-refractivity contribution in [2.75, 3.05) is 18.2 Å². The normalized spacial score (nSPS) is 9.90. The Morgan fingerprint density at radius 3 is 2.80 bits per heavy atom. The summed E-state index contributed by atoms with van der Waals surface area (Å²) >= 11 is 6.05. The summed E-state index contributed by atoms with van der Waals surface area (Å²) in [6.45, 7) is 1.89. The van der Waals surface area contributed by atoms with Gasteiger partial charge in [-0.2, -0.15) is 5.26 Å². The molecule has 5 nitrogen and oxygen atoms in total. The number of methoxy groups -OCH3 is 1. The molecule has 0 aliphatic carbocycles. The van der Waals surface area contributed by atoms with E-state index in [0.29, 0.717) is 22.3 Å². The molecule has 2 rings (SSSR count). The highest BCUT2D eigenvalue weighted by Gasteiger charge is 2.09. The Balaban J connectivity index is 2.40. The number of aromatic nitrogens is 1. The Hall–Kier alpha value is -2.45. The number of rotatable bonds is 3. The summed E-state index contributed by atoms with van der Waals surface area (Å²) in [5.74, 6) is 1.11. The quantitative estimate of drug-likeness (QED) is 0.905. The molecule has 0 unspecified atom stereocenters. The van der Waals surface area contributed by atoms with Gasteiger partial charge in [-0.15, -0.1) is 0 Å². The van der Waals surface area contributed by atoms with Crippen LogP contribution in [0.2, 0.25) is 5.02 Å². The highest BCUT2D eigenvalue weighted by molar-refractivity contribution is 6.31. The van der Waals surface area contributed by atoms with Gasteiger partial charge < -0.3 is 15.8 Å². The monoisotopic (exact) mass is 288 g/mol. The molecule has 1 aromatic carbocycles. The average molecular weight is 289 g/mol. The zero-order valence-electron chi connectivity index (χ0n) is 11.1. The number of nitrogens with two attached hydrogens (primary N) is 1. The highest BCUT2D eigenvalue weighted by Crippen LogP contribution is 2.32. The summed E-state index contributed by atoms with van der Waals surface area (Å²) in [6, 6.07) is 8.84. The zero-order valence-corrected chi connectivity index (χ0v) is 11.8. The van der Waals surface area contributed by atoms with Crippen molar-refractivity contribution < 1.29 is 4.74 Å². The van der Waals surface area contributed by atoms with Crippen LogP contribution >= 0.6 is 11.6 Å². The molecule has 0 radical (unpaired) electrons. The fraction of sp³-hybridized carbons (Fsp3) is 0.143. The van der Waals surface area contributed by atoms with Crippen molar-refractivity contribution in [3.63, 3.8) is 0 Å². The minimum Gasteiger partial charge on any atom is -0.495 e. The molecule has 20 heavy (non-hydrogen) atoms. The second kappa shape index (κ2) is 5.68. The lowest BCUT2D eigenvalue weighted by Crippen LogP contribution is -2.01. The van der Waals surface area contributed by atoms with Crippen molar-refractivity contribution in [3.8, 4) is 11.8 Å². The average Bonchev–Trinajstić information content (AvgIpc) is 2.44. The molecule has 0 fully saturated rings. The molecular formula is C14H13ClN4O. The number of hydrogen-bond acceptors (Lipinski definition) is 5. The molecule has 6 heteroatoms. The first-order valence-corrected chi connectivity index (χ1v) is 6.20. The third-order valence-corrected chi connectivity index (χ3v) is 3.18. The molecule has 0 aliphatic heterocycles. The van der Waals surface area contributed by atoms with Crippen molar-refractivity contribution in [3.05, 3.63) is 40.5 Å². The van der Waals surface area contributed by atoms with Gasteiger partial charge in [-0.3, -0.25) is 0 Å². The number of nitrogen functional groups attached to an aromatic ring is 1. The SMILES string of the molecule is COc1cc(Cl)c(C)cc1Nc1ccc(N)c(C#N)n1. The van der Waals surface area contributed by atoms with E-state index in [1.165, 1.54) is 0 Å². The topological polar surface area (TPSA) is 84.0 Å². The van der Waals surface area contributed by atoms with Gasteiger partial charge in [0.1, 0.15) is 17.6 Å². The number of halogens is 1. The van der Waals surface area contributed by atoms with Crippen molar-refractivity contribution in [2.24, 2.45) is 0 Å². The lowest BCUT2D eigenvalue weighted by Gasteiger charge is -2.13. The van der Waals surface area contributed by atoms with Crippen LogP contribution in [-0.2, 0) is 0 Å². The number of anilines is 3. The lowest BCUT2D eigenvalue weighted by atomic mass is 10.2. The van der Waals surface area contributed by atoms with Crippen LogP contribution < -0.4 is 15.8 Å². The molecule has 0 saturated heterocycles. The van der Waals surface area contributed by atoms with Crippen LogP contribution in [0.3, 0.4) is 0 Å². The van der Waals surface area contributed by atoms with Crippen LogP contribution in [-0.4, -0.2) is 12.1 Å². The lowest BCUT2D eigenvalue weighted by molar-refractivity contribution is 0.416. The third kappa shape index (κ3) is 2.76. The van der Waals surface area contributed by atoms with E-state index in [-0.39, 0.29) is 5.69 Å². The number of benzene rings is 1. The van der Waals surface area contributed by atoms with Crippen LogP contribution in [0.5, 0.6) is 5.75 Å². The molecule has 0 aliphatic rings. The number of ether oxygens (including phenoxy) is 1. The Bertz CT molecular complexity index is 694. The maximum atomic E-state index is 8.93. The molecule has 1 aromatic heterocycles.